The molecule has 3 N–H and O–H groups in total. The number of hydrogen-bond acceptors (Lipinski definition) is 4. The summed E-state index contributed by atoms with van der Waals surface area (Å²) in [5.41, 5.74) is 6.15. The summed E-state index contributed by atoms with van der Waals surface area (Å²) in [5.74, 6) is 0.733. The smallest absolute Gasteiger partial charge is 0.171 e. The molecule has 0 radical (unpaired) electrons. The molecule has 1 aliphatic rings. The fourth-order valence-electron chi connectivity index (χ4n) is 2.47. The minimum Gasteiger partial charge on any atom is -0.409 e. The molecule has 2 heterocycles. The standard InChI is InChI=1S/C13H19ClN4O/c1-9-5-3-2-4-8-18(9)13-11(14)10(6-7-16-13)12(15)17-19/h6-7,9,19H,2-5,8H2,1H3,(H2,15,17). The molecule has 6 heteroatoms. The summed E-state index contributed by atoms with van der Waals surface area (Å²) in [4.78, 5) is 6.58. The molecule has 1 saturated heterocycles. The van der Waals surface area contributed by atoms with Crippen LogP contribution >= 0.6 is 11.6 Å². The Bertz CT molecular complexity index is 478. The van der Waals surface area contributed by atoms with Gasteiger partial charge in [0.25, 0.3) is 0 Å². The van der Waals surface area contributed by atoms with Gasteiger partial charge in [-0.25, -0.2) is 4.98 Å². The normalized spacial score (nSPS) is 21.3. The number of oxime groups is 1. The van der Waals surface area contributed by atoms with E-state index in [0.29, 0.717) is 16.6 Å². The molecule has 104 valence electrons. The van der Waals surface area contributed by atoms with E-state index in [2.05, 4.69) is 22.0 Å². The summed E-state index contributed by atoms with van der Waals surface area (Å²) in [5, 5.41) is 12.2. The molecule has 0 aliphatic carbocycles. The maximum Gasteiger partial charge on any atom is 0.171 e. The van der Waals surface area contributed by atoms with Crippen molar-refractivity contribution < 1.29 is 5.21 Å². The Balaban J connectivity index is 2.38. The van der Waals surface area contributed by atoms with Crippen LogP contribution in [0.5, 0.6) is 0 Å². The van der Waals surface area contributed by atoms with Crippen molar-refractivity contribution in [1.29, 1.82) is 0 Å². The lowest BCUT2D eigenvalue weighted by atomic mass is 10.1. The number of nitrogens with two attached hydrogens (primary N) is 1. The summed E-state index contributed by atoms with van der Waals surface area (Å²) in [7, 11) is 0. The van der Waals surface area contributed by atoms with Crippen molar-refractivity contribution >= 4 is 23.3 Å². The van der Waals surface area contributed by atoms with Crippen molar-refractivity contribution in [2.75, 3.05) is 11.4 Å². The summed E-state index contributed by atoms with van der Waals surface area (Å²) in [6, 6.07) is 2.05. The number of pyridine rings is 1. The van der Waals surface area contributed by atoms with E-state index in [0.717, 1.165) is 25.2 Å². The maximum atomic E-state index is 8.78. The van der Waals surface area contributed by atoms with Crippen LogP contribution in [0.1, 0.15) is 38.2 Å². The zero-order valence-corrected chi connectivity index (χ0v) is 11.8. The van der Waals surface area contributed by atoms with Gasteiger partial charge in [0, 0.05) is 24.3 Å². The molecule has 1 unspecified atom stereocenters. The first-order valence-corrected chi connectivity index (χ1v) is 6.92. The highest BCUT2D eigenvalue weighted by Crippen LogP contribution is 2.30. The molecule has 19 heavy (non-hydrogen) atoms. The summed E-state index contributed by atoms with van der Waals surface area (Å²) in [6.45, 7) is 3.12. The molecule has 0 amide bonds. The lowest BCUT2D eigenvalue weighted by molar-refractivity contribution is 0.318. The van der Waals surface area contributed by atoms with Gasteiger partial charge in [-0.3, -0.25) is 0 Å². The molecule has 0 saturated carbocycles. The SMILES string of the molecule is CC1CCCCCN1c1nccc(/C(N)=N/O)c1Cl. The Morgan fingerprint density at radius 2 is 2.32 bits per heavy atom. The van der Waals surface area contributed by atoms with E-state index in [4.69, 9.17) is 22.5 Å². The number of rotatable bonds is 2. The molecular weight excluding hydrogens is 264 g/mol. The lowest BCUT2D eigenvalue weighted by Gasteiger charge is -2.29. The Hall–Kier alpha value is -1.49. The third-order valence-corrected chi connectivity index (χ3v) is 3.95. The van der Waals surface area contributed by atoms with Gasteiger partial charge in [-0.2, -0.15) is 0 Å². The van der Waals surface area contributed by atoms with Crippen LogP contribution in [0.3, 0.4) is 0 Å². The van der Waals surface area contributed by atoms with Crippen LogP contribution in [0.25, 0.3) is 0 Å². The molecular formula is C13H19ClN4O. The first-order valence-electron chi connectivity index (χ1n) is 6.54. The van der Waals surface area contributed by atoms with E-state index in [1.165, 1.54) is 12.8 Å². The van der Waals surface area contributed by atoms with E-state index < -0.39 is 0 Å². The second-order valence-corrected chi connectivity index (χ2v) is 5.25. The molecule has 1 aromatic heterocycles. The van der Waals surface area contributed by atoms with Crippen LogP contribution in [0.4, 0.5) is 5.82 Å². The van der Waals surface area contributed by atoms with Crippen molar-refractivity contribution in [3.8, 4) is 0 Å². The van der Waals surface area contributed by atoms with Gasteiger partial charge >= 0.3 is 0 Å². The van der Waals surface area contributed by atoms with Gasteiger partial charge in [-0.15, -0.1) is 0 Å². The van der Waals surface area contributed by atoms with Crippen molar-refractivity contribution in [2.45, 2.75) is 38.6 Å². The number of nitrogens with zero attached hydrogens (tertiary/aromatic N) is 3. The van der Waals surface area contributed by atoms with Crippen molar-refractivity contribution in [2.24, 2.45) is 10.9 Å². The molecule has 1 aliphatic heterocycles. The van der Waals surface area contributed by atoms with Crippen LogP contribution < -0.4 is 10.6 Å². The van der Waals surface area contributed by atoms with Gasteiger partial charge in [0.1, 0.15) is 5.82 Å². The molecule has 0 spiro atoms. The van der Waals surface area contributed by atoms with Crippen LogP contribution in [-0.2, 0) is 0 Å². The first-order chi connectivity index (χ1) is 9.15. The maximum absolute atomic E-state index is 8.78. The fourth-order valence-corrected chi connectivity index (χ4v) is 2.79. The largest absolute Gasteiger partial charge is 0.409 e. The molecule has 1 atom stereocenters. The van der Waals surface area contributed by atoms with Crippen molar-refractivity contribution in [1.82, 2.24) is 4.98 Å². The summed E-state index contributed by atoms with van der Waals surface area (Å²) >= 11 is 6.36. The number of hydrogen-bond donors (Lipinski definition) is 2. The zero-order chi connectivity index (χ0) is 13.8. The molecule has 1 fully saturated rings. The number of anilines is 1. The van der Waals surface area contributed by atoms with Crippen LogP contribution in [0.15, 0.2) is 17.4 Å². The second kappa shape index (κ2) is 6.10. The highest BCUT2D eigenvalue weighted by Gasteiger charge is 2.22. The second-order valence-electron chi connectivity index (χ2n) is 4.87. The zero-order valence-electron chi connectivity index (χ0n) is 11.0. The van der Waals surface area contributed by atoms with Gasteiger partial charge in [-0.05, 0) is 25.8 Å². The highest BCUT2D eigenvalue weighted by atomic mass is 35.5. The predicted octanol–water partition coefficient (Wildman–Crippen LogP) is 2.60. The molecule has 0 aromatic carbocycles. The lowest BCUT2D eigenvalue weighted by Crippen LogP contribution is -2.33. The Morgan fingerprint density at radius 1 is 1.53 bits per heavy atom. The van der Waals surface area contributed by atoms with Gasteiger partial charge in [0.05, 0.1) is 5.02 Å². The number of amidine groups is 1. The van der Waals surface area contributed by atoms with Crippen LogP contribution in [0, 0.1) is 0 Å². The number of aromatic nitrogens is 1. The Labute approximate surface area is 118 Å². The summed E-state index contributed by atoms with van der Waals surface area (Å²) < 4.78 is 0. The Kier molecular flexibility index (Phi) is 4.47. The predicted molar refractivity (Wildman–Crippen MR) is 77.0 cm³/mol. The van der Waals surface area contributed by atoms with Gasteiger partial charge in [-0.1, -0.05) is 29.6 Å². The third kappa shape index (κ3) is 2.92. The van der Waals surface area contributed by atoms with E-state index in [9.17, 15) is 0 Å². The first kappa shape index (κ1) is 13.9. The van der Waals surface area contributed by atoms with E-state index in [1.807, 2.05) is 0 Å². The molecule has 1 aromatic rings. The minimum atomic E-state index is 0.0103. The van der Waals surface area contributed by atoms with Crippen molar-refractivity contribution in [3.63, 3.8) is 0 Å². The third-order valence-electron chi connectivity index (χ3n) is 3.58. The average molecular weight is 283 g/mol. The van der Waals surface area contributed by atoms with E-state index >= 15 is 0 Å². The fraction of sp³-hybridized carbons (Fsp3) is 0.538. The Morgan fingerprint density at radius 3 is 3.05 bits per heavy atom. The van der Waals surface area contributed by atoms with Crippen LogP contribution in [0.2, 0.25) is 5.02 Å². The molecule has 5 nitrogen and oxygen atoms in total. The minimum absolute atomic E-state index is 0.0103. The highest BCUT2D eigenvalue weighted by molar-refractivity contribution is 6.36. The average Bonchev–Trinajstić information content (AvgIpc) is 2.63. The molecule has 2 rings (SSSR count). The van der Waals surface area contributed by atoms with Crippen molar-refractivity contribution in [3.05, 3.63) is 22.8 Å². The van der Waals surface area contributed by atoms with E-state index in [-0.39, 0.29) is 5.84 Å². The topological polar surface area (TPSA) is 74.7 Å². The van der Waals surface area contributed by atoms with E-state index in [1.54, 1.807) is 12.3 Å². The van der Waals surface area contributed by atoms with Gasteiger partial charge in [0.2, 0.25) is 0 Å². The quantitative estimate of drug-likeness (QED) is 0.378. The number of halogens is 1. The monoisotopic (exact) mass is 282 g/mol. The van der Waals surface area contributed by atoms with Gasteiger partial charge in [0.15, 0.2) is 5.84 Å². The summed E-state index contributed by atoms with van der Waals surface area (Å²) in [6.07, 6.45) is 6.38. The van der Waals surface area contributed by atoms with Crippen LogP contribution in [-0.4, -0.2) is 28.6 Å². The molecule has 0 bridgehead atoms. The van der Waals surface area contributed by atoms with Gasteiger partial charge < -0.3 is 15.8 Å².